The Morgan fingerprint density at radius 2 is 1.86 bits per heavy atom. The maximum absolute atomic E-state index is 13.9. The molecule has 0 N–H and O–H groups in total. The molecule has 6 rings (SSSR count). The summed E-state index contributed by atoms with van der Waals surface area (Å²) in [6.07, 6.45) is 10.3. The highest BCUT2D eigenvalue weighted by Gasteiger charge is 2.81. The quantitative estimate of drug-likeness (QED) is 0.431. The minimum atomic E-state index is -0.280. The van der Waals surface area contributed by atoms with Crippen molar-refractivity contribution in [2.45, 2.75) is 93.1 Å². The summed E-state index contributed by atoms with van der Waals surface area (Å²) in [7, 11) is 0. The first kappa shape index (κ1) is 25.4. The molecular weight excluding hydrogens is 464 g/mol. The van der Waals surface area contributed by atoms with Crippen molar-refractivity contribution in [3.8, 4) is 0 Å². The second kappa shape index (κ2) is 7.82. The molecule has 5 heteroatoms. The molecule has 5 aliphatic carbocycles. The molecule has 37 heavy (non-hydrogen) atoms. The molecule has 0 aromatic carbocycles. The molecule has 0 aromatic rings. The van der Waals surface area contributed by atoms with Gasteiger partial charge in [0.1, 0.15) is 6.10 Å². The van der Waals surface area contributed by atoms with Crippen molar-refractivity contribution >= 4 is 17.5 Å². The highest BCUT2D eigenvalue weighted by Crippen LogP contribution is 2.87. The maximum Gasteiger partial charge on any atom is 0.302 e. The first-order valence-electron chi connectivity index (χ1n) is 14.6. The summed E-state index contributed by atoms with van der Waals surface area (Å²) in [6.45, 7) is 15.2. The van der Waals surface area contributed by atoms with Crippen LogP contribution in [-0.4, -0.2) is 30.2 Å². The summed E-state index contributed by atoms with van der Waals surface area (Å²) in [4.78, 5) is 38.8. The first-order chi connectivity index (χ1) is 17.3. The number of esters is 1. The zero-order chi connectivity index (χ0) is 26.7. The van der Waals surface area contributed by atoms with E-state index >= 15 is 0 Å². The van der Waals surface area contributed by atoms with Crippen molar-refractivity contribution in [1.29, 1.82) is 0 Å². The molecule has 0 bridgehead atoms. The highest BCUT2D eigenvalue weighted by molar-refractivity contribution is 5.96. The van der Waals surface area contributed by atoms with Gasteiger partial charge in [0.2, 0.25) is 5.78 Å². The van der Waals surface area contributed by atoms with Gasteiger partial charge >= 0.3 is 5.97 Å². The number of ether oxygens (including phenoxy) is 2. The monoisotopic (exact) mass is 508 g/mol. The highest BCUT2D eigenvalue weighted by atomic mass is 16.5. The van der Waals surface area contributed by atoms with Crippen LogP contribution >= 0.6 is 0 Å². The van der Waals surface area contributed by atoms with Gasteiger partial charge in [0.15, 0.2) is 11.5 Å². The van der Waals surface area contributed by atoms with Gasteiger partial charge in [-0.3, -0.25) is 14.4 Å². The molecular formula is C32H44O5. The number of hydrogen-bond donors (Lipinski definition) is 0. The number of rotatable bonds is 4. The lowest BCUT2D eigenvalue weighted by Gasteiger charge is -2.60. The number of carbonyl (C=O) groups excluding carboxylic acids is 3. The van der Waals surface area contributed by atoms with Crippen molar-refractivity contribution in [3.63, 3.8) is 0 Å². The summed E-state index contributed by atoms with van der Waals surface area (Å²) in [6, 6.07) is 0. The van der Waals surface area contributed by atoms with Crippen LogP contribution in [0.3, 0.4) is 0 Å². The van der Waals surface area contributed by atoms with Crippen LogP contribution in [0.2, 0.25) is 0 Å². The molecule has 11 unspecified atom stereocenters. The normalized spacial score (nSPS) is 50.4. The molecule has 0 radical (unpaired) electrons. The predicted octanol–water partition coefficient (Wildman–Crippen LogP) is 6.07. The van der Waals surface area contributed by atoms with Crippen LogP contribution in [0.1, 0.15) is 87.0 Å². The Morgan fingerprint density at radius 1 is 1.14 bits per heavy atom. The molecule has 5 nitrogen and oxygen atoms in total. The van der Waals surface area contributed by atoms with Crippen LogP contribution in [-0.2, 0) is 23.9 Å². The summed E-state index contributed by atoms with van der Waals surface area (Å²) < 4.78 is 12.0. The molecule has 0 aromatic heterocycles. The van der Waals surface area contributed by atoms with Crippen LogP contribution in [0.5, 0.6) is 0 Å². The minimum Gasteiger partial charge on any atom is -0.489 e. The Morgan fingerprint density at radius 3 is 2.51 bits per heavy atom. The molecule has 0 saturated heterocycles. The van der Waals surface area contributed by atoms with Gasteiger partial charge in [0.25, 0.3) is 0 Å². The molecule has 1 heterocycles. The number of Topliss-reactive ketones (excluding diaryl/α,β-unsaturated/α-hetero) is 1. The second-order valence-electron chi connectivity index (χ2n) is 14.2. The zero-order valence-corrected chi connectivity index (χ0v) is 23.7. The molecule has 4 fully saturated rings. The summed E-state index contributed by atoms with van der Waals surface area (Å²) in [5.41, 5.74) is 1.28. The largest absolute Gasteiger partial charge is 0.489 e. The summed E-state index contributed by atoms with van der Waals surface area (Å²) >= 11 is 0. The van der Waals surface area contributed by atoms with Crippen molar-refractivity contribution < 1.29 is 23.9 Å². The molecule has 6 aliphatic rings. The average Bonchev–Trinajstić information content (AvgIpc) is 3.31. The van der Waals surface area contributed by atoms with Gasteiger partial charge < -0.3 is 9.47 Å². The number of hydrogen-bond acceptors (Lipinski definition) is 5. The fourth-order valence-corrected chi connectivity index (χ4v) is 10.9. The van der Waals surface area contributed by atoms with Gasteiger partial charge in [-0.1, -0.05) is 40.7 Å². The average molecular weight is 509 g/mol. The molecule has 202 valence electrons. The standard InChI is InChI=1S/C32H44O5/c1-17-15-36-28(18(17)2)27(35)20(4)26-24(37-21(5)33)14-30(7)25-9-8-22-19(3)23(34)10-11-31(22)16-32(25,31)13-12-29(26,30)6/h10-11,17,19-20,22,24-26H,8-9,12-16H2,1-7H3. The SMILES string of the molecule is CC(=O)OC1CC2(C)C3CCC4C(C)C(=O)C=CC45CC35CCC2(C)C1C(C)C(=O)C1=C(C)C(C)CO1. The molecule has 2 spiro atoms. The Hall–Kier alpha value is -1.91. The fourth-order valence-electron chi connectivity index (χ4n) is 10.9. The van der Waals surface area contributed by atoms with E-state index in [0.29, 0.717) is 30.0 Å². The minimum absolute atomic E-state index is 0.0369. The Kier molecular flexibility index (Phi) is 5.36. The summed E-state index contributed by atoms with van der Waals surface area (Å²) in [5, 5.41) is 0. The third-order valence-corrected chi connectivity index (χ3v) is 13.1. The smallest absolute Gasteiger partial charge is 0.302 e. The van der Waals surface area contributed by atoms with E-state index in [9.17, 15) is 14.4 Å². The van der Waals surface area contributed by atoms with E-state index in [0.717, 1.165) is 37.7 Å². The van der Waals surface area contributed by atoms with Gasteiger partial charge in [0, 0.05) is 30.6 Å². The summed E-state index contributed by atoms with van der Waals surface area (Å²) in [5.74, 6) is 1.65. The number of ketones is 2. The van der Waals surface area contributed by atoms with Gasteiger partial charge in [-0.2, -0.15) is 0 Å². The van der Waals surface area contributed by atoms with Crippen molar-refractivity contribution in [2.75, 3.05) is 6.61 Å². The Balaban J connectivity index is 1.38. The molecule has 1 aliphatic heterocycles. The zero-order valence-electron chi connectivity index (χ0n) is 23.7. The van der Waals surface area contributed by atoms with Gasteiger partial charge in [-0.15, -0.1) is 0 Å². The van der Waals surface area contributed by atoms with E-state index in [2.05, 4.69) is 33.8 Å². The molecule has 4 saturated carbocycles. The van der Waals surface area contributed by atoms with E-state index in [1.807, 2.05) is 19.9 Å². The molecule has 11 atom stereocenters. The lowest BCUT2D eigenvalue weighted by molar-refractivity contribution is -0.153. The lowest BCUT2D eigenvalue weighted by atomic mass is 9.43. The van der Waals surface area contributed by atoms with E-state index in [-0.39, 0.29) is 63.2 Å². The van der Waals surface area contributed by atoms with Gasteiger partial charge in [0.05, 0.1) is 6.61 Å². The van der Waals surface area contributed by atoms with Crippen LogP contribution in [0.4, 0.5) is 0 Å². The third-order valence-electron chi connectivity index (χ3n) is 13.1. The van der Waals surface area contributed by atoms with E-state index in [1.54, 1.807) is 0 Å². The van der Waals surface area contributed by atoms with Crippen LogP contribution in [0.25, 0.3) is 0 Å². The predicted molar refractivity (Wildman–Crippen MR) is 140 cm³/mol. The second-order valence-corrected chi connectivity index (χ2v) is 14.2. The van der Waals surface area contributed by atoms with Crippen LogP contribution in [0.15, 0.2) is 23.5 Å². The fraction of sp³-hybridized carbons (Fsp3) is 0.781. The van der Waals surface area contributed by atoms with Crippen LogP contribution in [0, 0.1) is 57.2 Å². The van der Waals surface area contributed by atoms with E-state index < -0.39 is 0 Å². The van der Waals surface area contributed by atoms with E-state index in [4.69, 9.17) is 9.47 Å². The lowest BCUT2D eigenvalue weighted by Crippen LogP contribution is -2.55. The maximum atomic E-state index is 13.9. The van der Waals surface area contributed by atoms with Crippen LogP contribution < -0.4 is 0 Å². The Bertz CT molecular complexity index is 1130. The van der Waals surface area contributed by atoms with Crippen molar-refractivity contribution in [3.05, 3.63) is 23.5 Å². The number of carbonyl (C=O) groups is 3. The van der Waals surface area contributed by atoms with E-state index in [1.165, 1.54) is 13.3 Å². The topological polar surface area (TPSA) is 69.7 Å². The van der Waals surface area contributed by atoms with Crippen molar-refractivity contribution in [2.24, 2.45) is 57.2 Å². The first-order valence-corrected chi connectivity index (χ1v) is 14.6. The third kappa shape index (κ3) is 3.00. The van der Waals surface area contributed by atoms with Gasteiger partial charge in [-0.25, -0.2) is 0 Å². The number of allylic oxidation sites excluding steroid dienone is 3. The Labute approximate surface area is 221 Å². The number of fused-ring (bicyclic) bond motifs is 2. The van der Waals surface area contributed by atoms with Crippen molar-refractivity contribution in [1.82, 2.24) is 0 Å². The van der Waals surface area contributed by atoms with Gasteiger partial charge in [-0.05, 0) is 90.6 Å². The molecule has 0 amide bonds.